The Morgan fingerprint density at radius 2 is 2.35 bits per heavy atom. The lowest BCUT2D eigenvalue weighted by Crippen LogP contribution is -1.98. The zero-order chi connectivity index (χ0) is 14.1. The molecule has 0 amide bonds. The summed E-state index contributed by atoms with van der Waals surface area (Å²) >= 11 is 1.33. The second-order valence-corrected chi connectivity index (χ2v) is 4.95. The van der Waals surface area contributed by atoms with Gasteiger partial charge in [0.1, 0.15) is 6.20 Å². The Kier molecular flexibility index (Phi) is 3.09. The Balaban J connectivity index is 2.03. The van der Waals surface area contributed by atoms with Crippen molar-refractivity contribution in [1.29, 1.82) is 0 Å². The Bertz CT molecular complexity index is 780. The van der Waals surface area contributed by atoms with Crippen LogP contribution in [0.25, 0.3) is 4.96 Å². The predicted octanol–water partition coefficient (Wildman–Crippen LogP) is 2.54. The van der Waals surface area contributed by atoms with E-state index in [-0.39, 0.29) is 18.2 Å². The van der Waals surface area contributed by atoms with Gasteiger partial charge in [-0.1, -0.05) is 23.5 Å². The Hall–Kier alpha value is -2.45. The zero-order valence-electron chi connectivity index (χ0n) is 10.2. The maximum atomic E-state index is 11.2. The van der Waals surface area contributed by atoms with Crippen LogP contribution < -0.4 is 5.32 Å². The highest BCUT2D eigenvalue weighted by atomic mass is 32.1. The molecule has 0 fully saturated rings. The second kappa shape index (κ2) is 4.91. The van der Waals surface area contributed by atoms with Crippen LogP contribution in [0.15, 0.2) is 35.8 Å². The van der Waals surface area contributed by atoms with E-state index in [1.54, 1.807) is 35.8 Å². The van der Waals surface area contributed by atoms with Gasteiger partial charge in [-0.25, -0.2) is 0 Å². The van der Waals surface area contributed by atoms with Crippen molar-refractivity contribution in [3.8, 4) is 0 Å². The van der Waals surface area contributed by atoms with E-state index < -0.39 is 4.92 Å². The quantitative estimate of drug-likeness (QED) is 0.569. The lowest BCUT2D eigenvalue weighted by atomic mass is 10.2. The molecule has 102 valence electrons. The van der Waals surface area contributed by atoms with Gasteiger partial charge in [-0.15, -0.1) is 0 Å². The number of hydrogen-bond acceptors (Lipinski definition) is 6. The van der Waals surface area contributed by atoms with Crippen molar-refractivity contribution < 1.29 is 10.0 Å². The number of nitrogens with one attached hydrogen (secondary N) is 1. The molecule has 0 atom stereocenters. The summed E-state index contributed by atoms with van der Waals surface area (Å²) in [6.07, 6.45) is 1.61. The van der Waals surface area contributed by atoms with Gasteiger partial charge in [-0.3, -0.25) is 0 Å². The molecule has 0 aliphatic carbocycles. The number of rotatable bonds is 4. The van der Waals surface area contributed by atoms with E-state index in [4.69, 9.17) is 5.11 Å². The van der Waals surface area contributed by atoms with Crippen LogP contribution in [-0.2, 0) is 6.61 Å². The number of aliphatic hydroxyl groups excluding tert-OH is 1. The third-order valence-electron chi connectivity index (χ3n) is 2.78. The van der Waals surface area contributed by atoms with Crippen molar-refractivity contribution in [2.24, 2.45) is 0 Å². The van der Waals surface area contributed by atoms with E-state index in [9.17, 15) is 10.1 Å². The number of benzene rings is 1. The van der Waals surface area contributed by atoms with Gasteiger partial charge in [0.05, 0.1) is 6.61 Å². The molecule has 2 heterocycles. The molecule has 0 bridgehead atoms. The largest absolute Gasteiger partial charge is 0.392 e. The molecule has 7 nitrogen and oxygen atoms in total. The third-order valence-corrected chi connectivity index (χ3v) is 3.54. The van der Waals surface area contributed by atoms with Gasteiger partial charge >= 0.3 is 5.82 Å². The van der Waals surface area contributed by atoms with Crippen molar-refractivity contribution in [3.05, 3.63) is 51.5 Å². The molecule has 2 N–H and O–H groups in total. The SMILES string of the molecule is O=[N+]([O-])c1c(Nc2cccc(CO)c2)nc2sccn12. The number of thiazole rings is 1. The average molecular weight is 290 g/mol. The van der Waals surface area contributed by atoms with Gasteiger partial charge < -0.3 is 20.5 Å². The predicted molar refractivity (Wildman–Crippen MR) is 75.4 cm³/mol. The summed E-state index contributed by atoms with van der Waals surface area (Å²) in [4.78, 5) is 15.5. The van der Waals surface area contributed by atoms with Crippen LogP contribution in [0.5, 0.6) is 0 Å². The maximum Gasteiger partial charge on any atom is 0.373 e. The summed E-state index contributed by atoms with van der Waals surface area (Å²) in [5.74, 6) is 0.0904. The van der Waals surface area contributed by atoms with Crippen LogP contribution in [0.2, 0.25) is 0 Å². The van der Waals surface area contributed by atoms with E-state index in [2.05, 4.69) is 10.3 Å². The molecular weight excluding hydrogens is 280 g/mol. The van der Waals surface area contributed by atoms with E-state index in [0.29, 0.717) is 10.6 Å². The van der Waals surface area contributed by atoms with Gasteiger partial charge in [-0.2, -0.15) is 9.38 Å². The first kappa shape index (κ1) is 12.6. The van der Waals surface area contributed by atoms with Crippen LogP contribution in [0.3, 0.4) is 0 Å². The van der Waals surface area contributed by atoms with Gasteiger partial charge in [0, 0.05) is 11.1 Å². The van der Waals surface area contributed by atoms with E-state index >= 15 is 0 Å². The first-order valence-corrected chi connectivity index (χ1v) is 6.64. The van der Waals surface area contributed by atoms with Crippen molar-refractivity contribution >= 4 is 33.6 Å². The van der Waals surface area contributed by atoms with Crippen LogP contribution in [0.4, 0.5) is 17.3 Å². The zero-order valence-corrected chi connectivity index (χ0v) is 11.0. The molecule has 0 aliphatic heterocycles. The van der Waals surface area contributed by atoms with E-state index in [1.165, 1.54) is 15.7 Å². The van der Waals surface area contributed by atoms with E-state index in [1.807, 2.05) is 0 Å². The summed E-state index contributed by atoms with van der Waals surface area (Å²) in [7, 11) is 0. The number of fused-ring (bicyclic) bond motifs is 1. The lowest BCUT2D eigenvalue weighted by molar-refractivity contribution is -0.389. The van der Waals surface area contributed by atoms with Crippen LogP contribution in [0, 0.1) is 10.1 Å². The summed E-state index contributed by atoms with van der Waals surface area (Å²) in [5, 5.41) is 24.9. The summed E-state index contributed by atoms with van der Waals surface area (Å²) in [5.41, 5.74) is 1.36. The number of aromatic nitrogens is 2. The highest BCUT2D eigenvalue weighted by molar-refractivity contribution is 7.15. The number of nitrogens with zero attached hydrogens (tertiary/aromatic N) is 3. The summed E-state index contributed by atoms with van der Waals surface area (Å²) in [6, 6.07) is 7.01. The Morgan fingerprint density at radius 1 is 1.50 bits per heavy atom. The minimum absolute atomic E-state index is 0.0874. The number of anilines is 2. The number of imidazole rings is 1. The highest BCUT2D eigenvalue weighted by Crippen LogP contribution is 2.30. The van der Waals surface area contributed by atoms with Crippen LogP contribution >= 0.6 is 11.3 Å². The fourth-order valence-corrected chi connectivity index (χ4v) is 2.63. The van der Waals surface area contributed by atoms with Crippen LogP contribution in [-0.4, -0.2) is 19.4 Å². The Morgan fingerprint density at radius 3 is 3.10 bits per heavy atom. The van der Waals surface area contributed by atoms with Crippen LogP contribution in [0.1, 0.15) is 5.56 Å². The normalized spacial score (nSPS) is 10.8. The van der Waals surface area contributed by atoms with Gasteiger partial charge in [0.2, 0.25) is 5.82 Å². The smallest absolute Gasteiger partial charge is 0.373 e. The molecule has 0 unspecified atom stereocenters. The van der Waals surface area contributed by atoms with Crippen molar-refractivity contribution in [3.63, 3.8) is 0 Å². The highest BCUT2D eigenvalue weighted by Gasteiger charge is 2.23. The molecule has 0 saturated heterocycles. The molecule has 2 aromatic heterocycles. The molecule has 8 heteroatoms. The van der Waals surface area contributed by atoms with Gasteiger partial charge in [0.25, 0.3) is 4.96 Å². The summed E-state index contributed by atoms with van der Waals surface area (Å²) < 4.78 is 1.43. The maximum absolute atomic E-state index is 11.2. The minimum Gasteiger partial charge on any atom is -0.392 e. The molecule has 20 heavy (non-hydrogen) atoms. The Labute approximate surface area is 117 Å². The molecule has 0 aliphatic rings. The molecule has 3 rings (SSSR count). The fourth-order valence-electron chi connectivity index (χ4n) is 1.92. The molecule has 1 aromatic carbocycles. The molecule has 0 radical (unpaired) electrons. The minimum atomic E-state index is -0.467. The number of hydrogen-bond donors (Lipinski definition) is 2. The average Bonchev–Trinajstić information content (AvgIpc) is 2.98. The van der Waals surface area contributed by atoms with Crippen molar-refractivity contribution in [1.82, 2.24) is 9.38 Å². The molecule has 0 spiro atoms. The lowest BCUT2D eigenvalue weighted by Gasteiger charge is -2.04. The first-order chi connectivity index (χ1) is 9.69. The molecular formula is C12H10N4O3S. The van der Waals surface area contributed by atoms with Crippen molar-refractivity contribution in [2.75, 3.05) is 5.32 Å². The molecule has 0 saturated carbocycles. The topological polar surface area (TPSA) is 92.7 Å². The third kappa shape index (κ3) is 2.10. The monoisotopic (exact) mass is 290 g/mol. The van der Waals surface area contributed by atoms with Gasteiger partial charge in [-0.05, 0) is 22.6 Å². The number of nitro groups is 1. The standard InChI is InChI=1S/C12H10N4O3S/c17-7-8-2-1-3-9(6-8)13-10-11(16(18)19)15-4-5-20-12(15)14-10/h1-6,13,17H,7H2. The summed E-state index contributed by atoms with van der Waals surface area (Å²) in [6.45, 7) is -0.0874. The second-order valence-electron chi connectivity index (χ2n) is 4.08. The fraction of sp³-hybridized carbons (Fsp3) is 0.0833. The van der Waals surface area contributed by atoms with Crippen molar-refractivity contribution in [2.45, 2.75) is 6.61 Å². The van der Waals surface area contributed by atoms with Gasteiger partial charge in [0.15, 0.2) is 0 Å². The number of aliphatic hydroxyl groups is 1. The molecule has 3 aromatic rings. The van der Waals surface area contributed by atoms with E-state index in [0.717, 1.165) is 5.56 Å². The first-order valence-electron chi connectivity index (χ1n) is 5.76.